The molecule has 1 heterocycles. The maximum atomic E-state index is 11.9. The van der Waals surface area contributed by atoms with Gasteiger partial charge < -0.3 is 10.1 Å². The number of aryl methyl sites for hydroxylation is 2. The van der Waals surface area contributed by atoms with Gasteiger partial charge in [0.05, 0.1) is 5.56 Å². The summed E-state index contributed by atoms with van der Waals surface area (Å²) < 4.78 is 4.98. The third-order valence-electron chi connectivity index (χ3n) is 3.36. The second kappa shape index (κ2) is 6.85. The summed E-state index contributed by atoms with van der Waals surface area (Å²) in [4.78, 5) is 27.7. The van der Waals surface area contributed by atoms with E-state index in [0.29, 0.717) is 5.56 Å². The van der Waals surface area contributed by atoms with Crippen LogP contribution in [-0.4, -0.2) is 23.5 Å². The molecule has 0 aliphatic rings. The highest BCUT2D eigenvalue weighted by atomic mass is 16.5. The van der Waals surface area contributed by atoms with Crippen LogP contribution >= 0.6 is 0 Å². The molecule has 1 aromatic carbocycles. The van der Waals surface area contributed by atoms with Crippen LogP contribution in [0, 0.1) is 20.8 Å². The van der Waals surface area contributed by atoms with Gasteiger partial charge in [0.15, 0.2) is 6.61 Å². The molecular weight excluding hydrogens is 280 g/mol. The van der Waals surface area contributed by atoms with Crippen LogP contribution in [0.5, 0.6) is 0 Å². The summed E-state index contributed by atoms with van der Waals surface area (Å²) in [5.74, 6) is -0.939. The number of carbonyl (C=O) groups excluding carboxylic acids is 2. The van der Waals surface area contributed by atoms with Crippen molar-refractivity contribution in [2.75, 3.05) is 11.9 Å². The number of aromatic nitrogens is 1. The van der Waals surface area contributed by atoms with E-state index in [4.69, 9.17) is 4.74 Å². The zero-order chi connectivity index (χ0) is 16.1. The highest BCUT2D eigenvalue weighted by Crippen LogP contribution is 2.17. The number of nitrogens with one attached hydrogen (secondary N) is 1. The van der Waals surface area contributed by atoms with E-state index >= 15 is 0 Å². The molecule has 1 amide bonds. The van der Waals surface area contributed by atoms with Crippen molar-refractivity contribution in [2.45, 2.75) is 20.8 Å². The normalized spacial score (nSPS) is 10.1. The SMILES string of the molecule is Cc1ccc(C(=O)OCC(=O)Nc2cccc(C)c2C)cn1. The predicted molar refractivity (Wildman–Crippen MR) is 83.8 cm³/mol. The fourth-order valence-corrected chi connectivity index (χ4v) is 1.88. The zero-order valence-electron chi connectivity index (χ0n) is 12.8. The smallest absolute Gasteiger partial charge is 0.340 e. The summed E-state index contributed by atoms with van der Waals surface area (Å²) in [7, 11) is 0. The number of ether oxygens (including phenoxy) is 1. The fraction of sp³-hybridized carbons (Fsp3) is 0.235. The molecule has 2 rings (SSSR count). The molecule has 22 heavy (non-hydrogen) atoms. The molecule has 0 bridgehead atoms. The minimum atomic E-state index is -0.566. The van der Waals surface area contributed by atoms with Gasteiger partial charge in [0.25, 0.3) is 5.91 Å². The quantitative estimate of drug-likeness (QED) is 0.881. The van der Waals surface area contributed by atoms with Crippen LogP contribution in [-0.2, 0) is 9.53 Å². The van der Waals surface area contributed by atoms with Gasteiger partial charge in [-0.15, -0.1) is 0 Å². The number of rotatable bonds is 4. The van der Waals surface area contributed by atoms with Gasteiger partial charge in [0.2, 0.25) is 0 Å². The van der Waals surface area contributed by atoms with Crippen LogP contribution < -0.4 is 5.32 Å². The topological polar surface area (TPSA) is 68.3 Å². The Kier molecular flexibility index (Phi) is 4.88. The highest BCUT2D eigenvalue weighted by molar-refractivity contribution is 5.95. The molecule has 5 nitrogen and oxygen atoms in total. The average Bonchev–Trinajstić information content (AvgIpc) is 2.50. The Morgan fingerprint density at radius 1 is 1.14 bits per heavy atom. The number of hydrogen-bond acceptors (Lipinski definition) is 4. The van der Waals surface area contributed by atoms with Gasteiger partial charge >= 0.3 is 5.97 Å². The number of anilines is 1. The van der Waals surface area contributed by atoms with E-state index in [9.17, 15) is 9.59 Å². The van der Waals surface area contributed by atoms with Crippen LogP contribution in [0.3, 0.4) is 0 Å². The van der Waals surface area contributed by atoms with Crippen LogP contribution in [0.25, 0.3) is 0 Å². The second-order valence-electron chi connectivity index (χ2n) is 5.06. The largest absolute Gasteiger partial charge is 0.452 e. The van der Waals surface area contributed by atoms with E-state index in [1.54, 1.807) is 12.1 Å². The Bertz CT molecular complexity index is 694. The van der Waals surface area contributed by atoms with Gasteiger partial charge in [0, 0.05) is 17.6 Å². The average molecular weight is 298 g/mol. The van der Waals surface area contributed by atoms with Crippen LogP contribution in [0.2, 0.25) is 0 Å². The van der Waals surface area contributed by atoms with Gasteiger partial charge in [0.1, 0.15) is 0 Å². The minimum Gasteiger partial charge on any atom is -0.452 e. The molecule has 0 atom stereocenters. The molecule has 114 valence electrons. The van der Waals surface area contributed by atoms with Crippen molar-refractivity contribution in [2.24, 2.45) is 0 Å². The monoisotopic (exact) mass is 298 g/mol. The van der Waals surface area contributed by atoms with Crippen molar-refractivity contribution in [3.8, 4) is 0 Å². The first-order chi connectivity index (χ1) is 10.5. The molecule has 2 aromatic rings. The van der Waals surface area contributed by atoms with Crippen LogP contribution in [0.1, 0.15) is 27.2 Å². The summed E-state index contributed by atoms with van der Waals surface area (Å²) in [5.41, 5.74) is 3.93. The van der Waals surface area contributed by atoms with Crippen molar-refractivity contribution in [1.29, 1.82) is 0 Å². The van der Waals surface area contributed by atoms with Gasteiger partial charge in [-0.3, -0.25) is 9.78 Å². The van der Waals surface area contributed by atoms with Crippen LogP contribution in [0.4, 0.5) is 5.69 Å². The Morgan fingerprint density at radius 2 is 1.91 bits per heavy atom. The number of esters is 1. The maximum Gasteiger partial charge on any atom is 0.340 e. The van der Waals surface area contributed by atoms with Gasteiger partial charge in [-0.2, -0.15) is 0 Å². The lowest BCUT2D eigenvalue weighted by Gasteiger charge is -2.10. The lowest BCUT2D eigenvalue weighted by atomic mass is 10.1. The predicted octanol–water partition coefficient (Wildman–Crippen LogP) is 2.80. The van der Waals surface area contributed by atoms with E-state index in [2.05, 4.69) is 10.3 Å². The Morgan fingerprint density at radius 3 is 2.59 bits per heavy atom. The summed E-state index contributed by atoms with van der Waals surface area (Å²) >= 11 is 0. The summed E-state index contributed by atoms with van der Waals surface area (Å²) in [6, 6.07) is 8.98. The van der Waals surface area contributed by atoms with Crippen molar-refractivity contribution >= 4 is 17.6 Å². The summed E-state index contributed by atoms with van der Waals surface area (Å²) in [5, 5.41) is 2.74. The number of nitrogens with zero attached hydrogens (tertiary/aromatic N) is 1. The maximum absolute atomic E-state index is 11.9. The molecule has 0 aliphatic carbocycles. The molecule has 0 spiro atoms. The molecule has 1 N–H and O–H groups in total. The van der Waals surface area contributed by atoms with Crippen molar-refractivity contribution in [3.63, 3.8) is 0 Å². The molecule has 5 heteroatoms. The highest BCUT2D eigenvalue weighted by Gasteiger charge is 2.11. The van der Waals surface area contributed by atoms with E-state index in [1.165, 1.54) is 6.20 Å². The first-order valence-electron chi connectivity index (χ1n) is 6.93. The molecule has 0 saturated heterocycles. The lowest BCUT2D eigenvalue weighted by Crippen LogP contribution is -2.21. The second-order valence-corrected chi connectivity index (χ2v) is 5.06. The van der Waals surface area contributed by atoms with Gasteiger partial charge in [-0.25, -0.2) is 4.79 Å². The van der Waals surface area contributed by atoms with E-state index in [0.717, 1.165) is 22.5 Å². The van der Waals surface area contributed by atoms with Crippen molar-refractivity contribution in [1.82, 2.24) is 4.98 Å². The Balaban J connectivity index is 1.91. The number of hydrogen-bond donors (Lipinski definition) is 1. The Labute approximate surface area is 129 Å². The van der Waals surface area contributed by atoms with E-state index < -0.39 is 5.97 Å². The lowest BCUT2D eigenvalue weighted by molar-refractivity contribution is -0.119. The van der Waals surface area contributed by atoms with E-state index in [-0.39, 0.29) is 12.5 Å². The van der Waals surface area contributed by atoms with E-state index in [1.807, 2.05) is 39.0 Å². The molecule has 0 saturated carbocycles. The molecule has 0 unspecified atom stereocenters. The molecule has 0 radical (unpaired) electrons. The van der Waals surface area contributed by atoms with Gasteiger partial charge in [-0.1, -0.05) is 12.1 Å². The first kappa shape index (κ1) is 15.7. The number of pyridine rings is 1. The molecule has 0 aliphatic heterocycles. The van der Waals surface area contributed by atoms with Crippen molar-refractivity contribution in [3.05, 3.63) is 58.9 Å². The standard InChI is InChI=1S/C17H18N2O3/c1-11-5-4-6-15(13(11)3)19-16(20)10-22-17(21)14-8-7-12(2)18-9-14/h4-9H,10H2,1-3H3,(H,19,20). The Hall–Kier alpha value is -2.69. The minimum absolute atomic E-state index is 0.324. The van der Waals surface area contributed by atoms with Gasteiger partial charge in [-0.05, 0) is 50.1 Å². The molecule has 0 fully saturated rings. The number of benzene rings is 1. The summed E-state index contributed by atoms with van der Waals surface area (Å²) in [6.45, 7) is 5.39. The first-order valence-corrected chi connectivity index (χ1v) is 6.93. The third-order valence-corrected chi connectivity index (χ3v) is 3.36. The third kappa shape index (κ3) is 3.91. The number of carbonyl (C=O) groups is 2. The summed E-state index contributed by atoms with van der Waals surface area (Å²) in [6.07, 6.45) is 1.43. The molecular formula is C17H18N2O3. The fourth-order valence-electron chi connectivity index (χ4n) is 1.88. The molecule has 1 aromatic heterocycles. The van der Waals surface area contributed by atoms with Crippen LogP contribution in [0.15, 0.2) is 36.5 Å². The van der Waals surface area contributed by atoms with Crippen molar-refractivity contribution < 1.29 is 14.3 Å². The zero-order valence-corrected chi connectivity index (χ0v) is 12.8. The number of amides is 1.